The second kappa shape index (κ2) is 9.33. The summed E-state index contributed by atoms with van der Waals surface area (Å²) >= 11 is 7.49. The first-order valence-electron chi connectivity index (χ1n) is 9.40. The molecule has 0 saturated heterocycles. The van der Waals surface area contributed by atoms with Gasteiger partial charge in [-0.05, 0) is 30.3 Å². The first-order valence-corrected chi connectivity index (χ1v) is 10.7. The van der Waals surface area contributed by atoms with E-state index in [1.54, 1.807) is 0 Å². The van der Waals surface area contributed by atoms with Gasteiger partial charge >= 0.3 is 0 Å². The summed E-state index contributed by atoms with van der Waals surface area (Å²) in [6.45, 7) is 0.642. The van der Waals surface area contributed by atoms with Gasteiger partial charge in [0.1, 0.15) is 13.2 Å². The maximum absolute atomic E-state index is 12.7. The van der Waals surface area contributed by atoms with Crippen molar-refractivity contribution in [1.82, 2.24) is 4.98 Å². The van der Waals surface area contributed by atoms with Crippen LogP contribution in [-0.2, 0) is 4.79 Å². The van der Waals surface area contributed by atoms with Crippen LogP contribution < -0.4 is 30.0 Å². The number of nitrogens with one attached hydrogen (secondary N) is 1. The topological polar surface area (TPSA) is 122 Å². The SMILES string of the molecule is COc1cc(C(=O)Nc2nc(-c3ccc4c(c3)OCCO4)cs2)cc(Cl)c1OCC(N)=O. The van der Waals surface area contributed by atoms with E-state index in [0.717, 1.165) is 5.56 Å². The molecule has 0 bridgehead atoms. The molecule has 0 spiro atoms. The van der Waals surface area contributed by atoms with Gasteiger partial charge < -0.3 is 24.7 Å². The van der Waals surface area contributed by atoms with E-state index in [9.17, 15) is 9.59 Å². The summed E-state index contributed by atoms with van der Waals surface area (Å²) in [5.74, 6) is 0.572. The molecule has 9 nitrogen and oxygen atoms in total. The number of amides is 2. The third-order valence-electron chi connectivity index (χ3n) is 4.41. The van der Waals surface area contributed by atoms with Gasteiger partial charge in [-0.2, -0.15) is 0 Å². The number of hydrogen-bond acceptors (Lipinski definition) is 8. The molecular formula is C21H18ClN3O6S. The summed E-state index contributed by atoms with van der Waals surface area (Å²) < 4.78 is 21.6. The van der Waals surface area contributed by atoms with Crippen LogP contribution in [0.4, 0.5) is 5.13 Å². The van der Waals surface area contributed by atoms with Gasteiger partial charge in [0.25, 0.3) is 11.8 Å². The van der Waals surface area contributed by atoms with Crippen molar-refractivity contribution in [2.24, 2.45) is 5.73 Å². The Kier molecular flexibility index (Phi) is 6.33. The summed E-state index contributed by atoms with van der Waals surface area (Å²) in [6, 6.07) is 8.42. The fraction of sp³-hybridized carbons (Fsp3) is 0.190. The highest BCUT2D eigenvalue weighted by Gasteiger charge is 2.18. The van der Waals surface area contributed by atoms with Crippen LogP contribution in [0, 0.1) is 0 Å². The van der Waals surface area contributed by atoms with E-state index in [1.165, 1.54) is 30.6 Å². The highest BCUT2D eigenvalue weighted by molar-refractivity contribution is 7.14. The molecule has 0 aliphatic carbocycles. The number of thiazole rings is 1. The van der Waals surface area contributed by atoms with E-state index in [1.807, 2.05) is 23.6 Å². The molecule has 32 heavy (non-hydrogen) atoms. The van der Waals surface area contributed by atoms with Gasteiger partial charge in [0, 0.05) is 16.5 Å². The minimum Gasteiger partial charge on any atom is -0.493 e. The van der Waals surface area contributed by atoms with Crippen molar-refractivity contribution in [2.75, 3.05) is 32.2 Å². The summed E-state index contributed by atoms with van der Waals surface area (Å²) in [4.78, 5) is 28.2. The molecule has 0 atom stereocenters. The number of methoxy groups -OCH3 is 1. The van der Waals surface area contributed by atoms with Crippen molar-refractivity contribution < 1.29 is 28.5 Å². The van der Waals surface area contributed by atoms with E-state index in [0.29, 0.717) is 35.5 Å². The van der Waals surface area contributed by atoms with Crippen LogP contribution in [0.15, 0.2) is 35.7 Å². The van der Waals surface area contributed by atoms with Crippen molar-refractivity contribution in [3.8, 4) is 34.3 Å². The lowest BCUT2D eigenvalue weighted by Gasteiger charge is -2.18. The third-order valence-corrected chi connectivity index (χ3v) is 5.45. The summed E-state index contributed by atoms with van der Waals surface area (Å²) in [7, 11) is 1.39. The minimum absolute atomic E-state index is 0.104. The number of benzene rings is 2. The standard InChI is InChI=1S/C21H18ClN3O6S/c1-28-17-8-12(6-13(22)19(17)31-9-18(23)26)20(27)25-21-24-14(10-32-21)11-2-3-15-16(7-11)30-5-4-29-15/h2-3,6-8,10H,4-5,9H2,1H3,(H2,23,26)(H,24,25,27). The zero-order valence-corrected chi connectivity index (χ0v) is 18.4. The van der Waals surface area contributed by atoms with Gasteiger partial charge in [0.2, 0.25) is 0 Å². The number of ether oxygens (including phenoxy) is 4. The van der Waals surface area contributed by atoms with E-state index in [4.69, 9.17) is 36.3 Å². The van der Waals surface area contributed by atoms with E-state index in [2.05, 4.69) is 10.3 Å². The van der Waals surface area contributed by atoms with Crippen molar-refractivity contribution in [2.45, 2.75) is 0 Å². The maximum Gasteiger partial charge on any atom is 0.257 e. The third kappa shape index (κ3) is 4.71. The highest BCUT2D eigenvalue weighted by atomic mass is 35.5. The van der Waals surface area contributed by atoms with Gasteiger partial charge in [0.15, 0.2) is 34.7 Å². The lowest BCUT2D eigenvalue weighted by Crippen LogP contribution is -2.20. The number of halogens is 1. The van der Waals surface area contributed by atoms with Gasteiger partial charge in [0.05, 0.1) is 17.8 Å². The zero-order valence-electron chi connectivity index (χ0n) is 16.8. The van der Waals surface area contributed by atoms with E-state index < -0.39 is 11.8 Å². The zero-order chi connectivity index (χ0) is 22.7. The van der Waals surface area contributed by atoms with E-state index >= 15 is 0 Å². The Hall–Kier alpha value is -3.50. The number of anilines is 1. The Morgan fingerprint density at radius 1 is 1.22 bits per heavy atom. The van der Waals surface area contributed by atoms with Crippen LogP contribution in [0.25, 0.3) is 11.3 Å². The fourth-order valence-electron chi connectivity index (χ4n) is 2.97. The number of fused-ring (bicyclic) bond motifs is 1. The van der Waals surface area contributed by atoms with Crippen LogP contribution >= 0.6 is 22.9 Å². The minimum atomic E-state index is -0.664. The first-order chi connectivity index (χ1) is 15.4. The number of carbonyl (C=O) groups is 2. The molecule has 2 amide bonds. The predicted molar refractivity (Wildman–Crippen MR) is 119 cm³/mol. The molecule has 0 fully saturated rings. The Morgan fingerprint density at radius 3 is 2.75 bits per heavy atom. The second-order valence-electron chi connectivity index (χ2n) is 6.59. The number of primary amides is 1. The molecule has 0 radical (unpaired) electrons. The lowest BCUT2D eigenvalue weighted by molar-refractivity contribution is -0.119. The smallest absolute Gasteiger partial charge is 0.257 e. The molecule has 2 aromatic carbocycles. The fourth-order valence-corrected chi connectivity index (χ4v) is 3.95. The molecular weight excluding hydrogens is 458 g/mol. The molecule has 4 rings (SSSR count). The molecule has 1 aromatic heterocycles. The largest absolute Gasteiger partial charge is 0.493 e. The molecule has 3 N–H and O–H groups in total. The van der Waals surface area contributed by atoms with Gasteiger partial charge in [-0.1, -0.05) is 11.6 Å². The van der Waals surface area contributed by atoms with Crippen molar-refractivity contribution in [1.29, 1.82) is 0 Å². The second-order valence-corrected chi connectivity index (χ2v) is 7.86. The Balaban J connectivity index is 1.50. The van der Waals surface area contributed by atoms with Gasteiger partial charge in [-0.15, -0.1) is 11.3 Å². The predicted octanol–water partition coefficient (Wildman–Crippen LogP) is 3.36. The summed E-state index contributed by atoms with van der Waals surface area (Å²) in [5.41, 5.74) is 6.85. The average Bonchev–Trinajstić information content (AvgIpc) is 3.25. The summed E-state index contributed by atoms with van der Waals surface area (Å²) in [6.07, 6.45) is 0. The highest BCUT2D eigenvalue weighted by Crippen LogP contribution is 2.37. The van der Waals surface area contributed by atoms with Crippen LogP contribution in [0.5, 0.6) is 23.0 Å². The van der Waals surface area contributed by atoms with Gasteiger partial charge in [-0.3, -0.25) is 14.9 Å². The maximum atomic E-state index is 12.7. The van der Waals surface area contributed by atoms with Crippen LogP contribution in [-0.4, -0.2) is 43.7 Å². The molecule has 0 saturated carbocycles. The van der Waals surface area contributed by atoms with Crippen molar-refractivity contribution in [3.05, 3.63) is 46.3 Å². The molecule has 2 heterocycles. The monoisotopic (exact) mass is 475 g/mol. The summed E-state index contributed by atoms with van der Waals surface area (Å²) in [5, 5.41) is 5.08. The molecule has 11 heteroatoms. The van der Waals surface area contributed by atoms with Crippen LogP contribution in [0.1, 0.15) is 10.4 Å². The normalized spacial score (nSPS) is 12.2. The first kappa shape index (κ1) is 21.7. The Labute approximate surface area is 192 Å². The number of aromatic nitrogens is 1. The van der Waals surface area contributed by atoms with Crippen molar-refractivity contribution >= 4 is 39.9 Å². The van der Waals surface area contributed by atoms with Gasteiger partial charge in [-0.25, -0.2) is 4.98 Å². The number of nitrogens with two attached hydrogens (primary N) is 1. The number of rotatable bonds is 7. The molecule has 1 aliphatic rings. The Bertz CT molecular complexity index is 1180. The molecule has 3 aromatic rings. The van der Waals surface area contributed by atoms with E-state index in [-0.39, 0.29) is 28.7 Å². The Morgan fingerprint density at radius 2 is 2.00 bits per heavy atom. The lowest BCUT2D eigenvalue weighted by atomic mass is 10.1. The number of carbonyl (C=O) groups excluding carboxylic acids is 2. The average molecular weight is 476 g/mol. The number of hydrogen-bond donors (Lipinski definition) is 2. The van der Waals surface area contributed by atoms with Crippen molar-refractivity contribution in [3.63, 3.8) is 0 Å². The molecule has 0 unspecified atom stereocenters. The number of nitrogens with zero attached hydrogens (tertiary/aromatic N) is 1. The molecule has 166 valence electrons. The molecule has 1 aliphatic heterocycles. The van der Waals surface area contributed by atoms with Crippen LogP contribution in [0.3, 0.4) is 0 Å². The van der Waals surface area contributed by atoms with Crippen LogP contribution in [0.2, 0.25) is 5.02 Å². The quantitative estimate of drug-likeness (QED) is 0.537.